The van der Waals surface area contributed by atoms with Gasteiger partial charge in [0.05, 0.1) is 17.6 Å². The van der Waals surface area contributed by atoms with Gasteiger partial charge in [0.15, 0.2) is 0 Å². The lowest BCUT2D eigenvalue weighted by Crippen LogP contribution is -2.08. The van der Waals surface area contributed by atoms with Gasteiger partial charge in [-0.1, -0.05) is 13.8 Å². The Morgan fingerprint density at radius 1 is 1.50 bits per heavy atom. The van der Waals surface area contributed by atoms with Gasteiger partial charge in [-0.25, -0.2) is 0 Å². The summed E-state index contributed by atoms with van der Waals surface area (Å²) in [7, 11) is 0. The van der Waals surface area contributed by atoms with E-state index in [1.807, 2.05) is 10.9 Å². The van der Waals surface area contributed by atoms with Crippen LogP contribution in [0.2, 0.25) is 0 Å². The van der Waals surface area contributed by atoms with Crippen molar-refractivity contribution in [3.63, 3.8) is 0 Å². The predicted molar refractivity (Wildman–Crippen MR) is 63.2 cm³/mol. The van der Waals surface area contributed by atoms with Gasteiger partial charge in [0, 0.05) is 13.1 Å². The smallest absolute Gasteiger partial charge is 0.0756 e. The van der Waals surface area contributed by atoms with Gasteiger partial charge in [0.25, 0.3) is 0 Å². The highest BCUT2D eigenvalue weighted by molar-refractivity contribution is 5.85. The van der Waals surface area contributed by atoms with Crippen LogP contribution in [0.25, 0.3) is 0 Å². The van der Waals surface area contributed by atoms with Gasteiger partial charge in [0.1, 0.15) is 0 Å². The summed E-state index contributed by atoms with van der Waals surface area (Å²) < 4.78 is 2.00. The topological polar surface area (TPSA) is 29.9 Å². The van der Waals surface area contributed by atoms with Crippen molar-refractivity contribution in [3.05, 3.63) is 11.9 Å². The quantitative estimate of drug-likeness (QED) is 0.841. The second-order valence-corrected chi connectivity index (χ2v) is 3.73. The van der Waals surface area contributed by atoms with Gasteiger partial charge < -0.3 is 5.32 Å². The van der Waals surface area contributed by atoms with Crippen LogP contribution in [0, 0.1) is 12.8 Å². The van der Waals surface area contributed by atoms with Crippen molar-refractivity contribution in [3.8, 4) is 0 Å². The molecule has 0 aromatic carbocycles. The number of aryl methyl sites for hydroxylation is 1. The Morgan fingerprint density at radius 3 is 2.57 bits per heavy atom. The second-order valence-electron chi connectivity index (χ2n) is 3.73. The normalized spacial score (nSPS) is 10.1. The zero-order chi connectivity index (χ0) is 9.84. The van der Waals surface area contributed by atoms with Crippen LogP contribution in [-0.2, 0) is 6.54 Å². The van der Waals surface area contributed by atoms with Crippen molar-refractivity contribution in [1.29, 1.82) is 0 Å². The van der Waals surface area contributed by atoms with Gasteiger partial charge >= 0.3 is 0 Å². The van der Waals surface area contributed by atoms with E-state index >= 15 is 0 Å². The Morgan fingerprint density at radius 2 is 2.14 bits per heavy atom. The lowest BCUT2D eigenvalue weighted by atomic mass is 10.2. The zero-order valence-corrected chi connectivity index (χ0v) is 10.2. The third-order valence-corrected chi connectivity index (χ3v) is 2.10. The molecule has 0 bridgehead atoms. The van der Waals surface area contributed by atoms with Crippen LogP contribution in [0.1, 0.15) is 26.5 Å². The van der Waals surface area contributed by atoms with Crippen LogP contribution in [0.3, 0.4) is 0 Å². The molecule has 0 fully saturated rings. The Balaban J connectivity index is 0.00000169. The highest BCUT2D eigenvalue weighted by atomic mass is 35.5. The number of rotatable bonds is 4. The monoisotopic (exact) mass is 217 g/mol. The van der Waals surface area contributed by atoms with Crippen molar-refractivity contribution < 1.29 is 0 Å². The number of nitrogens with zero attached hydrogens (tertiary/aromatic N) is 2. The lowest BCUT2D eigenvalue weighted by molar-refractivity contribution is 0.639. The number of hydrogen-bond donors (Lipinski definition) is 1. The summed E-state index contributed by atoms with van der Waals surface area (Å²) in [5.41, 5.74) is 2.39. The number of aromatic nitrogens is 2. The number of hydrogen-bond acceptors (Lipinski definition) is 2. The molecule has 0 atom stereocenters. The van der Waals surface area contributed by atoms with Gasteiger partial charge in [-0.15, -0.1) is 12.4 Å². The van der Waals surface area contributed by atoms with Crippen LogP contribution in [0.5, 0.6) is 0 Å². The van der Waals surface area contributed by atoms with Crippen LogP contribution < -0.4 is 5.32 Å². The van der Waals surface area contributed by atoms with Crippen molar-refractivity contribution in [2.45, 2.75) is 34.2 Å². The highest BCUT2D eigenvalue weighted by Gasteiger charge is 2.04. The first-order valence-electron chi connectivity index (χ1n) is 4.91. The molecule has 1 heterocycles. The number of halogens is 1. The van der Waals surface area contributed by atoms with E-state index in [4.69, 9.17) is 0 Å². The molecule has 1 N–H and O–H groups in total. The molecule has 0 unspecified atom stereocenters. The van der Waals surface area contributed by atoms with E-state index in [0.29, 0.717) is 5.92 Å². The summed E-state index contributed by atoms with van der Waals surface area (Å²) in [4.78, 5) is 0. The maximum Gasteiger partial charge on any atom is 0.0756 e. The Kier molecular flexibility index (Phi) is 5.62. The minimum absolute atomic E-state index is 0. The average Bonchev–Trinajstić information content (AvgIpc) is 2.43. The minimum Gasteiger partial charge on any atom is -0.382 e. The second kappa shape index (κ2) is 5.91. The van der Waals surface area contributed by atoms with E-state index in [1.54, 1.807) is 0 Å². The highest BCUT2D eigenvalue weighted by Crippen LogP contribution is 2.13. The molecular formula is C10H20ClN3. The molecule has 0 spiro atoms. The van der Waals surface area contributed by atoms with Crippen LogP contribution in [-0.4, -0.2) is 16.3 Å². The standard InChI is InChI=1S/C10H19N3.ClH/c1-5-13-9(4)10(7-12-13)11-6-8(2)3;/h7-8,11H,5-6H2,1-4H3;1H. The first-order chi connectivity index (χ1) is 6.15. The number of anilines is 1. The molecule has 4 heteroatoms. The summed E-state index contributed by atoms with van der Waals surface area (Å²) in [6.07, 6.45) is 1.90. The molecule has 0 aliphatic carbocycles. The van der Waals surface area contributed by atoms with Crippen molar-refractivity contribution in [2.75, 3.05) is 11.9 Å². The SMILES string of the molecule is CCn1ncc(NCC(C)C)c1C.Cl. The molecule has 0 amide bonds. The van der Waals surface area contributed by atoms with E-state index < -0.39 is 0 Å². The fourth-order valence-corrected chi connectivity index (χ4v) is 1.25. The van der Waals surface area contributed by atoms with Crippen molar-refractivity contribution >= 4 is 18.1 Å². The molecule has 1 rings (SSSR count). The summed E-state index contributed by atoms with van der Waals surface area (Å²) in [5, 5.41) is 7.65. The fourth-order valence-electron chi connectivity index (χ4n) is 1.25. The summed E-state index contributed by atoms with van der Waals surface area (Å²) in [5.74, 6) is 0.671. The molecular weight excluding hydrogens is 198 g/mol. The Hall–Kier alpha value is -0.700. The van der Waals surface area contributed by atoms with E-state index in [9.17, 15) is 0 Å². The van der Waals surface area contributed by atoms with E-state index in [0.717, 1.165) is 18.8 Å². The molecule has 3 nitrogen and oxygen atoms in total. The molecule has 0 radical (unpaired) electrons. The zero-order valence-electron chi connectivity index (χ0n) is 9.37. The molecule has 0 saturated carbocycles. The molecule has 1 aromatic rings. The van der Waals surface area contributed by atoms with E-state index in [1.165, 1.54) is 5.69 Å². The fraction of sp³-hybridized carbons (Fsp3) is 0.700. The van der Waals surface area contributed by atoms with Gasteiger partial charge in [-0.2, -0.15) is 5.10 Å². The first kappa shape index (κ1) is 13.3. The summed E-state index contributed by atoms with van der Waals surface area (Å²) in [6.45, 7) is 10.6. The molecule has 1 aromatic heterocycles. The van der Waals surface area contributed by atoms with Gasteiger partial charge in [-0.3, -0.25) is 4.68 Å². The maximum absolute atomic E-state index is 4.27. The van der Waals surface area contributed by atoms with Crippen LogP contribution in [0.4, 0.5) is 5.69 Å². The molecule has 82 valence electrons. The third-order valence-electron chi connectivity index (χ3n) is 2.10. The molecule has 0 aliphatic heterocycles. The summed E-state index contributed by atoms with van der Waals surface area (Å²) in [6, 6.07) is 0. The lowest BCUT2D eigenvalue weighted by Gasteiger charge is -2.08. The molecule has 0 aliphatic rings. The van der Waals surface area contributed by atoms with Gasteiger partial charge in [-0.05, 0) is 19.8 Å². The average molecular weight is 218 g/mol. The predicted octanol–water partition coefficient (Wildman–Crippen LogP) is 2.70. The van der Waals surface area contributed by atoms with Gasteiger partial charge in [0.2, 0.25) is 0 Å². The van der Waals surface area contributed by atoms with E-state index in [2.05, 4.69) is 38.1 Å². The first-order valence-corrected chi connectivity index (χ1v) is 4.91. The summed E-state index contributed by atoms with van der Waals surface area (Å²) >= 11 is 0. The third kappa shape index (κ3) is 3.22. The van der Waals surface area contributed by atoms with Crippen molar-refractivity contribution in [2.24, 2.45) is 5.92 Å². The van der Waals surface area contributed by atoms with Crippen molar-refractivity contribution in [1.82, 2.24) is 9.78 Å². The van der Waals surface area contributed by atoms with E-state index in [-0.39, 0.29) is 12.4 Å². The maximum atomic E-state index is 4.27. The largest absolute Gasteiger partial charge is 0.382 e. The minimum atomic E-state index is 0. The Labute approximate surface area is 92.3 Å². The van der Waals surface area contributed by atoms with Crippen LogP contribution >= 0.6 is 12.4 Å². The molecule has 14 heavy (non-hydrogen) atoms. The molecule has 0 saturated heterocycles. The van der Waals surface area contributed by atoms with Crippen LogP contribution in [0.15, 0.2) is 6.20 Å². The Bertz CT molecular complexity index is 268. The number of nitrogens with one attached hydrogen (secondary N) is 1.